The number of benzene rings is 1. The van der Waals surface area contributed by atoms with Crippen molar-refractivity contribution in [3.8, 4) is 11.1 Å². The van der Waals surface area contributed by atoms with Crippen LogP contribution in [0.1, 0.15) is 11.1 Å². The summed E-state index contributed by atoms with van der Waals surface area (Å²) in [5, 5.41) is 0. The van der Waals surface area contributed by atoms with Crippen molar-refractivity contribution in [2.45, 2.75) is 13.8 Å². The predicted octanol–water partition coefficient (Wildman–Crippen LogP) is 2.76. The van der Waals surface area contributed by atoms with E-state index in [0.717, 1.165) is 5.56 Å². The Bertz CT molecular complexity index is 415. The molecule has 0 unspecified atom stereocenters. The minimum atomic E-state index is 1.09. The van der Waals surface area contributed by atoms with Crippen LogP contribution in [0.2, 0.25) is 0 Å². The first kappa shape index (κ1) is 8.88. The highest BCUT2D eigenvalue weighted by atomic mass is 14.8. The molecule has 0 bridgehead atoms. The summed E-state index contributed by atoms with van der Waals surface area (Å²) in [6.07, 6.45) is 5.25. The van der Waals surface area contributed by atoms with Gasteiger partial charge in [-0.05, 0) is 30.5 Å². The van der Waals surface area contributed by atoms with Gasteiger partial charge in [0, 0.05) is 18.0 Å². The molecule has 0 atom stereocenters. The minimum absolute atomic E-state index is 1.09. The maximum atomic E-state index is 4.03. The Balaban J connectivity index is 2.63. The third-order valence-electron chi connectivity index (χ3n) is 2.33. The second kappa shape index (κ2) is 3.58. The molecular weight excluding hydrogens is 172 g/mol. The van der Waals surface area contributed by atoms with Crippen molar-refractivity contribution in [3.63, 3.8) is 0 Å². The summed E-state index contributed by atoms with van der Waals surface area (Å²) in [5.74, 6) is 0. The van der Waals surface area contributed by atoms with E-state index in [4.69, 9.17) is 0 Å². The molecule has 0 amide bonds. The predicted molar refractivity (Wildman–Crippen MR) is 56.9 cm³/mol. The highest BCUT2D eigenvalue weighted by Crippen LogP contribution is 2.25. The fraction of sp³-hybridized carbons (Fsp3) is 0.167. The summed E-state index contributed by atoms with van der Waals surface area (Å²) in [6, 6.07) is 6.28. The summed E-state index contributed by atoms with van der Waals surface area (Å²) < 4.78 is 0. The van der Waals surface area contributed by atoms with Crippen LogP contribution < -0.4 is 0 Å². The molecule has 2 nitrogen and oxygen atoms in total. The van der Waals surface area contributed by atoms with Gasteiger partial charge in [-0.15, -0.1) is 0 Å². The highest BCUT2D eigenvalue weighted by Gasteiger charge is 2.04. The monoisotopic (exact) mass is 184 g/mol. The summed E-state index contributed by atoms with van der Waals surface area (Å²) >= 11 is 0. The molecule has 0 saturated carbocycles. The van der Waals surface area contributed by atoms with Crippen molar-refractivity contribution < 1.29 is 0 Å². The average molecular weight is 184 g/mol. The molecule has 2 heteroatoms. The van der Waals surface area contributed by atoms with E-state index in [1.54, 1.807) is 6.33 Å². The van der Waals surface area contributed by atoms with Crippen molar-refractivity contribution in [2.75, 3.05) is 0 Å². The minimum Gasteiger partial charge on any atom is -0.244 e. The Morgan fingerprint density at radius 1 is 0.929 bits per heavy atom. The largest absolute Gasteiger partial charge is 0.244 e. The lowest BCUT2D eigenvalue weighted by Gasteiger charge is -2.08. The van der Waals surface area contributed by atoms with Gasteiger partial charge in [-0.2, -0.15) is 0 Å². The maximum absolute atomic E-state index is 4.03. The first-order chi connectivity index (χ1) is 6.79. The third kappa shape index (κ3) is 1.51. The van der Waals surface area contributed by atoms with Crippen LogP contribution in [-0.4, -0.2) is 9.97 Å². The summed E-state index contributed by atoms with van der Waals surface area (Å²) in [4.78, 5) is 8.06. The van der Waals surface area contributed by atoms with Crippen LogP contribution >= 0.6 is 0 Å². The molecule has 0 spiro atoms. The van der Waals surface area contributed by atoms with Gasteiger partial charge in [-0.1, -0.05) is 18.2 Å². The van der Waals surface area contributed by atoms with E-state index in [-0.39, 0.29) is 0 Å². The van der Waals surface area contributed by atoms with Gasteiger partial charge in [0.25, 0.3) is 0 Å². The number of aromatic nitrogens is 2. The molecule has 14 heavy (non-hydrogen) atoms. The molecule has 0 N–H and O–H groups in total. The Labute approximate surface area is 83.7 Å². The number of nitrogens with zero attached hydrogens (tertiary/aromatic N) is 2. The van der Waals surface area contributed by atoms with Crippen LogP contribution in [0.4, 0.5) is 0 Å². The van der Waals surface area contributed by atoms with Crippen LogP contribution in [0, 0.1) is 13.8 Å². The van der Waals surface area contributed by atoms with E-state index >= 15 is 0 Å². The van der Waals surface area contributed by atoms with E-state index in [9.17, 15) is 0 Å². The lowest BCUT2D eigenvalue weighted by molar-refractivity contribution is 1.16. The smallest absolute Gasteiger partial charge is 0.115 e. The van der Waals surface area contributed by atoms with Gasteiger partial charge in [0.2, 0.25) is 0 Å². The lowest BCUT2D eigenvalue weighted by atomic mass is 9.98. The highest BCUT2D eigenvalue weighted by molar-refractivity contribution is 5.69. The summed E-state index contributed by atoms with van der Waals surface area (Å²) in [7, 11) is 0. The zero-order valence-corrected chi connectivity index (χ0v) is 8.36. The molecule has 0 aliphatic rings. The molecule has 1 aromatic heterocycles. The molecular formula is C12H12N2. The van der Waals surface area contributed by atoms with E-state index in [0.29, 0.717) is 0 Å². The fourth-order valence-corrected chi connectivity index (χ4v) is 1.70. The Morgan fingerprint density at radius 2 is 1.50 bits per heavy atom. The normalized spacial score (nSPS) is 10.1. The summed E-state index contributed by atoms with van der Waals surface area (Å²) in [5.41, 5.74) is 4.86. The standard InChI is InChI=1S/C12H12N2/c1-9-4-3-5-10(2)12(9)11-6-13-8-14-7-11/h3-8H,1-2H3. The zero-order valence-electron chi connectivity index (χ0n) is 8.36. The van der Waals surface area contributed by atoms with Crippen LogP contribution in [0.15, 0.2) is 36.9 Å². The second-order valence-electron chi connectivity index (χ2n) is 3.39. The van der Waals surface area contributed by atoms with Crippen LogP contribution in [0.3, 0.4) is 0 Å². The number of rotatable bonds is 1. The molecule has 2 aromatic rings. The van der Waals surface area contributed by atoms with E-state index in [1.165, 1.54) is 16.7 Å². The Kier molecular flexibility index (Phi) is 2.27. The molecule has 0 aliphatic carbocycles. The molecule has 0 saturated heterocycles. The van der Waals surface area contributed by atoms with Gasteiger partial charge in [-0.3, -0.25) is 0 Å². The Morgan fingerprint density at radius 3 is 2.07 bits per heavy atom. The molecule has 1 heterocycles. The SMILES string of the molecule is Cc1cccc(C)c1-c1cncnc1. The quantitative estimate of drug-likeness (QED) is 0.681. The topological polar surface area (TPSA) is 25.8 Å². The van der Waals surface area contributed by atoms with Gasteiger partial charge >= 0.3 is 0 Å². The first-order valence-corrected chi connectivity index (χ1v) is 4.60. The zero-order chi connectivity index (χ0) is 9.97. The average Bonchev–Trinajstić information content (AvgIpc) is 2.19. The third-order valence-corrected chi connectivity index (χ3v) is 2.33. The first-order valence-electron chi connectivity index (χ1n) is 4.60. The molecule has 0 fully saturated rings. The van der Waals surface area contributed by atoms with Crippen molar-refractivity contribution in [1.82, 2.24) is 9.97 Å². The molecule has 0 aliphatic heterocycles. The van der Waals surface area contributed by atoms with Gasteiger partial charge < -0.3 is 0 Å². The number of hydrogen-bond acceptors (Lipinski definition) is 2. The molecule has 0 radical (unpaired) electrons. The summed E-state index contributed by atoms with van der Waals surface area (Å²) in [6.45, 7) is 4.21. The van der Waals surface area contributed by atoms with Crippen LogP contribution in [0.5, 0.6) is 0 Å². The number of aryl methyl sites for hydroxylation is 2. The van der Waals surface area contributed by atoms with E-state index < -0.39 is 0 Å². The Hall–Kier alpha value is -1.70. The van der Waals surface area contributed by atoms with E-state index in [1.807, 2.05) is 12.4 Å². The molecule has 1 aromatic carbocycles. The van der Waals surface area contributed by atoms with Crippen molar-refractivity contribution >= 4 is 0 Å². The van der Waals surface area contributed by atoms with Crippen LogP contribution in [0.25, 0.3) is 11.1 Å². The lowest BCUT2D eigenvalue weighted by Crippen LogP contribution is -1.89. The van der Waals surface area contributed by atoms with E-state index in [2.05, 4.69) is 42.0 Å². The molecule has 70 valence electrons. The molecule has 2 rings (SSSR count). The van der Waals surface area contributed by atoms with Crippen molar-refractivity contribution in [3.05, 3.63) is 48.0 Å². The van der Waals surface area contributed by atoms with Gasteiger partial charge in [-0.25, -0.2) is 9.97 Å². The number of hydrogen-bond donors (Lipinski definition) is 0. The second-order valence-corrected chi connectivity index (χ2v) is 3.39. The van der Waals surface area contributed by atoms with Gasteiger partial charge in [0.15, 0.2) is 0 Å². The van der Waals surface area contributed by atoms with Crippen molar-refractivity contribution in [1.29, 1.82) is 0 Å². The van der Waals surface area contributed by atoms with Gasteiger partial charge in [0.1, 0.15) is 6.33 Å². The fourth-order valence-electron chi connectivity index (χ4n) is 1.70. The maximum Gasteiger partial charge on any atom is 0.115 e. The van der Waals surface area contributed by atoms with Crippen LogP contribution in [-0.2, 0) is 0 Å². The van der Waals surface area contributed by atoms with Crippen molar-refractivity contribution in [2.24, 2.45) is 0 Å². The van der Waals surface area contributed by atoms with Gasteiger partial charge in [0.05, 0.1) is 0 Å².